The Bertz CT molecular complexity index is 1570. The number of amides is 1. The highest BCUT2D eigenvalue weighted by Gasteiger charge is 2.86. The van der Waals surface area contributed by atoms with E-state index in [4.69, 9.17) is 19.3 Å². The van der Waals surface area contributed by atoms with Gasteiger partial charge in [-0.2, -0.15) is 0 Å². The van der Waals surface area contributed by atoms with Crippen LogP contribution < -0.4 is 0 Å². The van der Waals surface area contributed by atoms with E-state index in [1.165, 1.54) is 11.0 Å². The van der Waals surface area contributed by atoms with Gasteiger partial charge in [-0.15, -0.1) is 0 Å². The molecule has 10 atom stereocenters. The fourth-order valence-corrected chi connectivity index (χ4v) is 11.6. The number of aliphatic carboxylic acids is 3. The van der Waals surface area contributed by atoms with Gasteiger partial charge in [-0.25, -0.2) is 4.79 Å². The van der Waals surface area contributed by atoms with Gasteiger partial charge in [-0.3, -0.25) is 19.2 Å². The monoisotopic (exact) mass is 729 g/mol. The summed E-state index contributed by atoms with van der Waals surface area (Å²) in [5.41, 5.74) is -2.01. The van der Waals surface area contributed by atoms with Crippen molar-refractivity contribution in [1.29, 1.82) is 0 Å². The number of fused-ring (bicyclic) bond motifs is 1. The molecule has 13 heteroatoms. The Morgan fingerprint density at radius 2 is 1.67 bits per heavy atom. The standard InChI is InChI=1S/C39H55NO12/c1-21-11-12-26-35(2,3)13-8-15-37(26,6)24(21)20-50-29(22(32(46)47)18-28(43)44)33(48)51-25-19-23-31(45)40(17-7-10-27(41)42)34(49)39(23)38(52-39)16-9-14-36(4,5)30(25)38/h19,22,24-26,29-30,34,49H,1,7-18,20H2,2-6H3,(H,41,42)(H,43,44)(H,46,47)/t22?,24-,25?,26?,29+,30?,34?,37?,38?,39?/m1/s1. The van der Waals surface area contributed by atoms with Gasteiger partial charge in [-0.05, 0) is 79.6 Å². The molecule has 3 saturated carbocycles. The van der Waals surface area contributed by atoms with E-state index in [-0.39, 0.29) is 48.3 Å². The first-order valence-electron chi connectivity index (χ1n) is 18.8. The van der Waals surface area contributed by atoms with Gasteiger partial charge >= 0.3 is 23.9 Å². The smallest absolute Gasteiger partial charge is 0.336 e. The molecule has 8 unspecified atom stereocenters. The number of carboxylic acid groups (broad SMARTS) is 3. The highest BCUT2D eigenvalue weighted by atomic mass is 16.7. The van der Waals surface area contributed by atoms with Crippen molar-refractivity contribution < 1.29 is 58.6 Å². The molecule has 6 rings (SSSR count). The molecule has 52 heavy (non-hydrogen) atoms. The molecule has 0 aromatic heterocycles. The number of carboxylic acids is 3. The van der Waals surface area contributed by atoms with Gasteiger partial charge < -0.3 is 39.5 Å². The lowest BCUT2D eigenvalue weighted by molar-refractivity contribution is -0.182. The molecule has 0 aromatic carbocycles. The average Bonchev–Trinajstić information content (AvgIpc) is 3.65. The van der Waals surface area contributed by atoms with E-state index in [2.05, 4.69) is 27.4 Å². The predicted molar refractivity (Wildman–Crippen MR) is 184 cm³/mol. The zero-order valence-corrected chi connectivity index (χ0v) is 31.0. The number of carbonyl (C=O) groups excluding carboxylic acids is 2. The van der Waals surface area contributed by atoms with Crippen LogP contribution in [0.1, 0.15) is 105 Å². The second kappa shape index (κ2) is 13.2. The molecule has 5 fully saturated rings. The molecule has 288 valence electrons. The van der Waals surface area contributed by atoms with Crippen molar-refractivity contribution in [1.82, 2.24) is 4.90 Å². The number of ether oxygens (including phenoxy) is 3. The van der Waals surface area contributed by atoms with Crippen LogP contribution >= 0.6 is 0 Å². The summed E-state index contributed by atoms with van der Waals surface area (Å²) in [6, 6.07) is 0. The summed E-state index contributed by atoms with van der Waals surface area (Å²) < 4.78 is 19.0. The number of rotatable bonds is 13. The van der Waals surface area contributed by atoms with Crippen LogP contribution in [0.4, 0.5) is 0 Å². The van der Waals surface area contributed by atoms with Crippen LogP contribution in [0, 0.1) is 39.9 Å². The second-order valence-electron chi connectivity index (χ2n) is 17.8. The molecule has 0 aromatic rings. The molecule has 1 amide bonds. The predicted octanol–water partition coefficient (Wildman–Crippen LogP) is 4.56. The topological polar surface area (TPSA) is 200 Å². The van der Waals surface area contributed by atoms with Gasteiger partial charge in [0, 0.05) is 24.8 Å². The first-order valence-corrected chi connectivity index (χ1v) is 18.8. The third kappa shape index (κ3) is 5.98. The minimum Gasteiger partial charge on any atom is -0.481 e. The quantitative estimate of drug-likeness (QED) is 0.117. The molecule has 13 nitrogen and oxygen atoms in total. The van der Waals surface area contributed by atoms with E-state index in [0.29, 0.717) is 18.8 Å². The zero-order valence-electron chi connectivity index (χ0n) is 31.0. The van der Waals surface area contributed by atoms with Crippen molar-refractivity contribution in [3.63, 3.8) is 0 Å². The van der Waals surface area contributed by atoms with Crippen LogP contribution in [-0.4, -0.2) is 97.9 Å². The molecule has 0 bridgehead atoms. The third-order valence-corrected chi connectivity index (χ3v) is 14.0. The molecule has 2 aliphatic heterocycles. The Labute approximate surface area is 304 Å². The third-order valence-electron chi connectivity index (χ3n) is 14.0. The summed E-state index contributed by atoms with van der Waals surface area (Å²) in [6.45, 7) is 15.1. The normalized spacial score (nSPS) is 38.1. The molecule has 4 aliphatic carbocycles. The van der Waals surface area contributed by atoms with Gasteiger partial charge in [0.15, 0.2) is 17.9 Å². The SMILES string of the molecule is C=C1CCC2C(C)(C)CCCC2(C)[C@@H]1CO[C@H](C(=O)OC1C=C2C(=O)N(CCCC(=O)O)C(O)C23OC32CCCC(C)(C)C12)C(CC(=O)O)C(=O)O. The van der Waals surface area contributed by atoms with Crippen molar-refractivity contribution >= 4 is 29.8 Å². The van der Waals surface area contributed by atoms with Crippen LogP contribution in [0.15, 0.2) is 23.8 Å². The van der Waals surface area contributed by atoms with E-state index in [9.17, 15) is 39.3 Å². The van der Waals surface area contributed by atoms with Crippen molar-refractivity contribution in [2.24, 2.45) is 39.9 Å². The zero-order chi connectivity index (χ0) is 38.2. The first-order chi connectivity index (χ1) is 24.2. The summed E-state index contributed by atoms with van der Waals surface area (Å²) in [4.78, 5) is 65.2. The summed E-state index contributed by atoms with van der Waals surface area (Å²) in [7, 11) is 0. The van der Waals surface area contributed by atoms with E-state index < -0.39 is 83.1 Å². The van der Waals surface area contributed by atoms with E-state index in [1.54, 1.807) is 0 Å². The van der Waals surface area contributed by atoms with Crippen LogP contribution in [0.2, 0.25) is 0 Å². The number of esters is 1. The number of aliphatic hydroxyl groups is 1. The Morgan fingerprint density at radius 3 is 2.33 bits per heavy atom. The lowest BCUT2D eigenvalue weighted by atomic mass is 9.48. The summed E-state index contributed by atoms with van der Waals surface area (Å²) in [5, 5.41) is 40.7. The molecule has 0 radical (unpaired) electrons. The molecule has 4 N–H and O–H groups in total. The Morgan fingerprint density at radius 1 is 1.00 bits per heavy atom. The van der Waals surface area contributed by atoms with Crippen LogP contribution in [-0.2, 0) is 38.2 Å². The number of nitrogens with zero attached hydrogens (tertiary/aromatic N) is 1. The van der Waals surface area contributed by atoms with E-state index in [0.717, 1.165) is 44.1 Å². The van der Waals surface area contributed by atoms with Gasteiger partial charge in [-0.1, -0.05) is 53.2 Å². The van der Waals surface area contributed by atoms with Crippen LogP contribution in [0.25, 0.3) is 0 Å². The molecule has 2 spiro atoms. The van der Waals surface area contributed by atoms with Crippen molar-refractivity contribution in [3.05, 3.63) is 23.8 Å². The highest BCUT2D eigenvalue weighted by molar-refractivity contribution is 6.01. The Hall–Kier alpha value is -3.29. The second-order valence-corrected chi connectivity index (χ2v) is 17.8. The lowest BCUT2D eigenvalue weighted by Gasteiger charge is -2.58. The molecular weight excluding hydrogens is 674 g/mol. The van der Waals surface area contributed by atoms with Crippen LogP contribution in [0.5, 0.6) is 0 Å². The number of epoxide rings is 1. The fourth-order valence-electron chi connectivity index (χ4n) is 11.6. The van der Waals surface area contributed by atoms with Crippen molar-refractivity contribution in [2.45, 2.75) is 135 Å². The number of hydrogen-bond donors (Lipinski definition) is 4. The highest BCUT2D eigenvalue weighted by Crippen LogP contribution is 2.72. The summed E-state index contributed by atoms with van der Waals surface area (Å²) >= 11 is 0. The molecule has 6 aliphatic rings. The number of carbonyl (C=O) groups is 5. The number of aliphatic hydroxyl groups excluding tert-OH is 1. The van der Waals surface area contributed by atoms with E-state index in [1.807, 2.05) is 13.8 Å². The van der Waals surface area contributed by atoms with Gasteiger partial charge in [0.2, 0.25) is 0 Å². The Balaban J connectivity index is 1.32. The minimum absolute atomic E-state index is 0.0157. The summed E-state index contributed by atoms with van der Waals surface area (Å²) in [6.07, 6.45) is 2.99. The van der Waals surface area contributed by atoms with Crippen LogP contribution in [0.3, 0.4) is 0 Å². The molecular formula is C39H55NO12. The fraction of sp³-hybridized carbons (Fsp3) is 0.769. The maximum atomic E-state index is 14.4. The summed E-state index contributed by atoms with van der Waals surface area (Å²) in [5.74, 6) is -7.68. The molecule has 2 heterocycles. The first kappa shape index (κ1) is 38.4. The number of hydrogen-bond acceptors (Lipinski definition) is 9. The lowest BCUT2D eigenvalue weighted by Crippen LogP contribution is -2.57. The van der Waals surface area contributed by atoms with Crippen molar-refractivity contribution in [3.8, 4) is 0 Å². The average molecular weight is 730 g/mol. The van der Waals surface area contributed by atoms with Crippen molar-refractivity contribution in [2.75, 3.05) is 13.2 Å². The van der Waals surface area contributed by atoms with E-state index >= 15 is 0 Å². The largest absolute Gasteiger partial charge is 0.481 e. The Kier molecular flexibility index (Phi) is 9.78. The maximum Gasteiger partial charge on any atom is 0.336 e. The van der Waals surface area contributed by atoms with Gasteiger partial charge in [0.1, 0.15) is 17.6 Å². The maximum absolute atomic E-state index is 14.4. The van der Waals surface area contributed by atoms with Gasteiger partial charge in [0.25, 0.3) is 5.91 Å². The molecule has 2 saturated heterocycles. The van der Waals surface area contributed by atoms with Gasteiger partial charge in [0.05, 0.1) is 18.6 Å². The minimum atomic E-state index is -1.77. The number of likely N-dealkylation sites (tertiary alicyclic amines) is 1.